The molecule has 21 atom stereocenters. The number of amides is 1. The van der Waals surface area contributed by atoms with E-state index in [9.17, 15) is 57.5 Å². The summed E-state index contributed by atoms with van der Waals surface area (Å²) in [6.45, 7) is 12.9. The van der Waals surface area contributed by atoms with E-state index in [4.69, 9.17) is 5.11 Å². The van der Waals surface area contributed by atoms with E-state index < -0.39 is 65.1 Å². The number of aliphatic hydroxyl groups is 4. The van der Waals surface area contributed by atoms with Crippen molar-refractivity contribution in [3.8, 4) is 0 Å². The number of aliphatic hydroxyl groups excluding tert-OH is 4. The molecule has 9 rings (SSSR count). The number of nitrogens with zero attached hydrogens (tertiary/aromatic N) is 1. The van der Waals surface area contributed by atoms with Gasteiger partial charge in [0.15, 0.2) is 0 Å². The van der Waals surface area contributed by atoms with E-state index in [0.29, 0.717) is 67.4 Å². The van der Waals surface area contributed by atoms with E-state index in [2.05, 4.69) is 27.7 Å². The van der Waals surface area contributed by atoms with Crippen molar-refractivity contribution in [2.45, 2.75) is 199 Å². The van der Waals surface area contributed by atoms with Gasteiger partial charge in [-0.05, 0) is 183 Å². The van der Waals surface area contributed by atoms with Crippen LogP contribution < -0.4 is 34.7 Å². The van der Waals surface area contributed by atoms with Gasteiger partial charge in [0.05, 0.1) is 30.1 Å². The van der Waals surface area contributed by atoms with E-state index >= 15 is 0 Å². The van der Waals surface area contributed by atoms with Gasteiger partial charge in [0.2, 0.25) is 5.91 Å². The molecule has 9 aliphatic rings. The quantitative estimate of drug-likeness (QED) is 0.156. The Labute approximate surface area is 428 Å². The van der Waals surface area contributed by atoms with Crippen LogP contribution in [0.15, 0.2) is 0 Å². The molecule has 0 bridgehead atoms. The Morgan fingerprint density at radius 3 is 1.47 bits per heavy atom. The number of rotatable bonds is 9. The Balaban J connectivity index is 0.000000203. The minimum atomic E-state index is -3.08. The third-order valence-corrected chi connectivity index (χ3v) is 23.0. The van der Waals surface area contributed by atoms with Gasteiger partial charge >= 0.3 is 35.5 Å². The minimum absolute atomic E-state index is 0. The van der Waals surface area contributed by atoms with Gasteiger partial charge in [-0.3, -0.25) is 9.59 Å². The number of hydrogen-bond acceptors (Lipinski definition) is 9. The van der Waals surface area contributed by atoms with Crippen LogP contribution in [0.3, 0.4) is 0 Å². The molecular formula is C52H80F4NNaO9S. The van der Waals surface area contributed by atoms with E-state index in [0.717, 1.165) is 51.4 Å². The molecule has 68 heavy (non-hydrogen) atoms. The van der Waals surface area contributed by atoms with Crippen LogP contribution in [0, 0.1) is 92.7 Å². The molecule has 382 valence electrons. The number of carboxylic acids is 2. The summed E-state index contributed by atoms with van der Waals surface area (Å²) in [7, 11) is 0. The maximum atomic E-state index is 14.7. The van der Waals surface area contributed by atoms with Crippen LogP contribution in [0.2, 0.25) is 0 Å². The molecule has 5 N–H and O–H groups in total. The van der Waals surface area contributed by atoms with Crippen molar-refractivity contribution in [3.63, 3.8) is 0 Å². The summed E-state index contributed by atoms with van der Waals surface area (Å²) in [6.07, 6.45) is 5.73. The van der Waals surface area contributed by atoms with Crippen molar-refractivity contribution < 1.29 is 92.1 Å². The summed E-state index contributed by atoms with van der Waals surface area (Å²) in [5, 5.41) is 63.0. The van der Waals surface area contributed by atoms with Crippen LogP contribution in [0.4, 0.5) is 17.6 Å². The second-order valence-corrected chi connectivity index (χ2v) is 26.1. The van der Waals surface area contributed by atoms with Crippen molar-refractivity contribution in [1.29, 1.82) is 0 Å². The third kappa shape index (κ3) is 9.43. The predicted octanol–water partition coefficient (Wildman–Crippen LogP) is 5.02. The molecule has 1 aliphatic heterocycles. The average Bonchev–Trinajstić information content (AvgIpc) is 3.97. The molecule has 8 aliphatic carbocycles. The van der Waals surface area contributed by atoms with Crippen LogP contribution in [0.25, 0.3) is 0 Å². The molecule has 1 heterocycles. The Morgan fingerprint density at radius 1 is 0.647 bits per heavy atom. The van der Waals surface area contributed by atoms with Crippen LogP contribution in [-0.2, 0) is 14.4 Å². The van der Waals surface area contributed by atoms with Gasteiger partial charge in [-0.1, -0.05) is 41.5 Å². The summed E-state index contributed by atoms with van der Waals surface area (Å²) in [5.41, 5.74) is -1.09. The molecule has 0 aromatic carbocycles. The van der Waals surface area contributed by atoms with Gasteiger partial charge in [0.25, 0.3) is 11.8 Å². The topological polar surface area (TPSA) is 179 Å². The fraction of sp³-hybridized carbons (Fsp3) is 0.942. The second kappa shape index (κ2) is 19.9. The van der Waals surface area contributed by atoms with Gasteiger partial charge in [-0.2, -0.15) is 0 Å². The number of thioether (sulfide) groups is 1. The number of carbonyl (C=O) groups excluding carboxylic acids is 2. The maximum absolute atomic E-state index is 14.7. The molecule has 0 aromatic rings. The molecule has 7 unspecified atom stereocenters. The molecule has 9 fully saturated rings. The molecule has 1 amide bonds. The molecule has 10 nitrogen and oxygen atoms in total. The number of fused-ring (bicyclic) bond motifs is 10. The number of halogens is 4. The predicted molar refractivity (Wildman–Crippen MR) is 243 cm³/mol. The van der Waals surface area contributed by atoms with Crippen LogP contribution in [0.1, 0.15) is 157 Å². The zero-order valence-corrected chi connectivity index (χ0v) is 44.5. The third-order valence-electron chi connectivity index (χ3n) is 22.0. The zero-order valence-electron chi connectivity index (χ0n) is 41.7. The molecule has 16 heteroatoms. The van der Waals surface area contributed by atoms with Gasteiger partial charge in [0.1, 0.15) is 12.2 Å². The van der Waals surface area contributed by atoms with Gasteiger partial charge in [0, 0.05) is 31.4 Å². The van der Waals surface area contributed by atoms with Gasteiger partial charge in [-0.15, -0.1) is 11.8 Å². The van der Waals surface area contributed by atoms with Gasteiger partial charge in [-0.25, -0.2) is 17.6 Å². The maximum Gasteiger partial charge on any atom is 1.00 e. The minimum Gasteiger partial charge on any atom is -0.548 e. The largest absolute Gasteiger partial charge is 1.00 e. The van der Waals surface area contributed by atoms with Crippen molar-refractivity contribution in [1.82, 2.24) is 4.90 Å². The summed E-state index contributed by atoms with van der Waals surface area (Å²) < 4.78 is 58.6. The Kier molecular flexibility index (Phi) is 16.1. The number of aliphatic carboxylic acids is 2. The zero-order chi connectivity index (χ0) is 49.0. The van der Waals surface area contributed by atoms with Crippen molar-refractivity contribution >= 4 is 29.6 Å². The average molecular weight is 994 g/mol. The smallest absolute Gasteiger partial charge is 0.548 e. The first kappa shape index (κ1) is 55.1. The Morgan fingerprint density at radius 2 is 1.06 bits per heavy atom. The SMILES string of the molecule is C[C@H](CCC(=O)N1CSCC1C(=O)[O-])[C@H]1CCC2C3C(CC[C@@]21C)[C@@]1(C)CC(F)(F)[C@H](O)C[C@H]1C[C@@H]3O.C[C@H](CCC(=O)O)[C@H]1CCC2C3C(CC[C@@]21C)[C@@]1(C)CC(F)(F)[C@H](O)C[C@H]1C[C@@H]3O.[Na+]. The Hall–Kier alpha value is -0.680. The molecule has 0 spiro atoms. The van der Waals surface area contributed by atoms with Crippen molar-refractivity contribution in [2.24, 2.45) is 92.7 Å². The number of hydrogen-bond donors (Lipinski definition) is 5. The first-order valence-corrected chi connectivity index (χ1v) is 27.1. The van der Waals surface area contributed by atoms with Crippen molar-refractivity contribution in [2.75, 3.05) is 11.6 Å². The van der Waals surface area contributed by atoms with Crippen LogP contribution >= 0.6 is 11.8 Å². The summed E-state index contributed by atoms with van der Waals surface area (Å²) in [6, 6.07) is -0.845. The van der Waals surface area contributed by atoms with E-state index in [-0.39, 0.29) is 126 Å². The van der Waals surface area contributed by atoms with Crippen LogP contribution in [0.5, 0.6) is 0 Å². The Bertz CT molecular complexity index is 1870. The normalized spacial score (nSPS) is 48.3. The second-order valence-electron chi connectivity index (χ2n) is 25.1. The summed E-state index contributed by atoms with van der Waals surface area (Å²) in [5.74, 6) is -5.50. The van der Waals surface area contributed by atoms with E-state index in [1.807, 2.05) is 13.8 Å². The molecule has 8 saturated carbocycles. The fourth-order valence-electron chi connectivity index (χ4n) is 18.5. The number of alkyl halides is 4. The molecular weight excluding hydrogens is 914 g/mol. The molecule has 0 radical (unpaired) electrons. The van der Waals surface area contributed by atoms with Crippen molar-refractivity contribution in [3.05, 3.63) is 0 Å². The summed E-state index contributed by atoms with van der Waals surface area (Å²) >= 11 is 1.44. The van der Waals surface area contributed by atoms with Gasteiger partial charge < -0.3 is 40.3 Å². The number of carboxylic acid groups (broad SMARTS) is 2. The number of carbonyl (C=O) groups is 3. The standard InChI is InChI=1S/C28H43F2NO5S.C24H38F2O4.Na/c1-15(4-7-23(34)31-14-37-12-20(31)25(35)36)17-5-6-18-24-19(8-9-26(17,18)2)27(3)13-28(29,30)22(33)11-16(27)10-21(24)32;1-13(4-7-20(29)30)15-5-6-16-21-17(8-9-22(15,16)2)23(3)12-24(25,26)19(28)11-14(23)10-18(21)27;/h15-22,24,32-33H,4-14H2,1-3H3,(H,35,36);13-19,21,27-28H,4-12H2,1-3H3,(H,29,30);/q;;+1/p-1/t15-,16-,17-,18?,19?,20?,21+,22-,24?,26-,27+;13-,14-,15-,16?,17?,18+,19-,21?,22-,23+;/m11./s1. The molecule has 1 saturated heterocycles. The van der Waals surface area contributed by atoms with E-state index in [1.165, 1.54) is 16.7 Å². The molecule has 0 aromatic heterocycles. The first-order valence-electron chi connectivity index (χ1n) is 26.0. The monoisotopic (exact) mass is 994 g/mol. The van der Waals surface area contributed by atoms with E-state index in [1.54, 1.807) is 0 Å². The van der Waals surface area contributed by atoms with Crippen LogP contribution in [-0.4, -0.2) is 102 Å². The fourth-order valence-corrected chi connectivity index (χ4v) is 19.7. The summed E-state index contributed by atoms with van der Waals surface area (Å²) in [4.78, 5) is 36.7. The first-order chi connectivity index (χ1) is 31.2.